The van der Waals surface area contributed by atoms with Gasteiger partial charge in [-0.3, -0.25) is 9.69 Å². The van der Waals surface area contributed by atoms with Gasteiger partial charge in [-0.2, -0.15) is 0 Å². The zero-order valence-electron chi connectivity index (χ0n) is 16.4. The van der Waals surface area contributed by atoms with Crippen molar-refractivity contribution in [1.29, 1.82) is 0 Å². The molecule has 1 N–H and O–H groups in total. The predicted molar refractivity (Wildman–Crippen MR) is 109 cm³/mol. The monoisotopic (exact) mass is 392 g/mol. The minimum Gasteiger partial charge on any atom is -0.496 e. The van der Waals surface area contributed by atoms with E-state index in [9.17, 15) is 4.79 Å². The van der Waals surface area contributed by atoms with Crippen LogP contribution in [0.4, 0.5) is 0 Å². The van der Waals surface area contributed by atoms with Gasteiger partial charge >= 0.3 is 0 Å². The van der Waals surface area contributed by atoms with Gasteiger partial charge in [0.15, 0.2) is 11.5 Å². The molecule has 0 unspecified atom stereocenters. The van der Waals surface area contributed by atoms with Crippen LogP contribution in [0.25, 0.3) is 0 Å². The summed E-state index contributed by atoms with van der Waals surface area (Å²) in [5.41, 5.74) is 1.80. The lowest BCUT2D eigenvalue weighted by molar-refractivity contribution is -0.115. The molecule has 0 bridgehead atoms. The second-order valence-electron chi connectivity index (χ2n) is 7.03. The van der Waals surface area contributed by atoms with E-state index in [1.807, 2.05) is 24.3 Å². The highest BCUT2D eigenvalue weighted by atomic mass is 16.7. The van der Waals surface area contributed by atoms with Crippen molar-refractivity contribution in [3.8, 4) is 29.1 Å². The molecular weight excluding hydrogens is 368 g/mol. The largest absolute Gasteiger partial charge is 0.496 e. The van der Waals surface area contributed by atoms with Crippen molar-refractivity contribution in [2.24, 2.45) is 0 Å². The van der Waals surface area contributed by atoms with Crippen LogP contribution in [0.5, 0.6) is 17.2 Å². The highest BCUT2D eigenvalue weighted by Gasteiger charge is 2.26. The predicted octanol–water partition coefficient (Wildman–Crippen LogP) is 2.73. The maximum atomic E-state index is 12.4. The number of methoxy groups -OCH3 is 1. The van der Waals surface area contributed by atoms with Crippen LogP contribution in [0.2, 0.25) is 0 Å². The molecule has 0 aromatic heterocycles. The standard InChI is InChI=1S/C23H24N2O4/c1-27-20-7-3-2-6-18(20)19(25-12-4-5-13-25)15-24-23(26)11-9-17-8-10-21-22(14-17)29-16-28-21/h2-3,6-8,10,14,19H,4-5,12-13,15-16H2,1H3,(H,24,26)/t19-/m1/s1. The maximum absolute atomic E-state index is 12.4. The summed E-state index contributed by atoms with van der Waals surface area (Å²) < 4.78 is 16.2. The fourth-order valence-electron chi connectivity index (χ4n) is 3.77. The number of para-hydroxylation sites is 1. The van der Waals surface area contributed by atoms with Crippen molar-refractivity contribution in [3.05, 3.63) is 53.6 Å². The molecule has 2 aromatic carbocycles. The lowest BCUT2D eigenvalue weighted by Gasteiger charge is -2.29. The number of nitrogens with one attached hydrogen (secondary N) is 1. The molecule has 6 nitrogen and oxygen atoms in total. The lowest BCUT2D eigenvalue weighted by Crippen LogP contribution is -2.36. The smallest absolute Gasteiger partial charge is 0.296 e. The van der Waals surface area contributed by atoms with E-state index in [4.69, 9.17) is 14.2 Å². The Bertz CT molecular complexity index is 941. The number of hydrogen-bond acceptors (Lipinski definition) is 5. The zero-order valence-corrected chi connectivity index (χ0v) is 16.4. The number of ether oxygens (including phenoxy) is 3. The molecule has 1 fully saturated rings. The quantitative estimate of drug-likeness (QED) is 0.793. The Balaban J connectivity index is 1.44. The van der Waals surface area contributed by atoms with Gasteiger partial charge in [-0.15, -0.1) is 0 Å². The van der Waals surface area contributed by atoms with Gasteiger partial charge in [-0.05, 0) is 50.2 Å². The number of amides is 1. The first-order valence-corrected chi connectivity index (χ1v) is 9.81. The van der Waals surface area contributed by atoms with Crippen molar-refractivity contribution >= 4 is 5.91 Å². The number of fused-ring (bicyclic) bond motifs is 1. The van der Waals surface area contributed by atoms with E-state index in [0.717, 1.165) is 24.4 Å². The van der Waals surface area contributed by atoms with Crippen LogP contribution in [0.3, 0.4) is 0 Å². The molecule has 0 aliphatic carbocycles. The molecule has 1 amide bonds. The molecule has 1 saturated heterocycles. The number of benzene rings is 2. The number of likely N-dealkylation sites (tertiary alicyclic amines) is 1. The first kappa shape index (κ1) is 19.2. The van der Waals surface area contributed by atoms with E-state index in [1.54, 1.807) is 19.2 Å². The summed E-state index contributed by atoms with van der Waals surface area (Å²) in [6.45, 7) is 2.73. The molecule has 0 spiro atoms. The Morgan fingerprint density at radius 2 is 1.97 bits per heavy atom. The lowest BCUT2D eigenvalue weighted by atomic mass is 10.0. The van der Waals surface area contributed by atoms with Crippen molar-refractivity contribution in [3.63, 3.8) is 0 Å². The summed E-state index contributed by atoms with van der Waals surface area (Å²) in [6.07, 6.45) is 2.34. The maximum Gasteiger partial charge on any atom is 0.296 e. The molecule has 0 saturated carbocycles. The fraction of sp³-hybridized carbons (Fsp3) is 0.348. The van der Waals surface area contributed by atoms with Crippen molar-refractivity contribution in [1.82, 2.24) is 10.2 Å². The summed E-state index contributed by atoms with van der Waals surface area (Å²) in [5, 5.41) is 2.97. The van der Waals surface area contributed by atoms with Crippen molar-refractivity contribution in [2.45, 2.75) is 18.9 Å². The third-order valence-corrected chi connectivity index (χ3v) is 5.23. The normalized spacial score (nSPS) is 16.0. The summed E-state index contributed by atoms with van der Waals surface area (Å²) >= 11 is 0. The summed E-state index contributed by atoms with van der Waals surface area (Å²) in [4.78, 5) is 14.8. The first-order chi connectivity index (χ1) is 14.2. The number of nitrogens with zero attached hydrogens (tertiary/aromatic N) is 1. The Morgan fingerprint density at radius 3 is 2.79 bits per heavy atom. The van der Waals surface area contributed by atoms with E-state index in [2.05, 4.69) is 28.1 Å². The van der Waals surface area contributed by atoms with E-state index in [0.29, 0.717) is 23.6 Å². The molecule has 2 aliphatic rings. The summed E-state index contributed by atoms with van der Waals surface area (Å²) in [7, 11) is 1.68. The van der Waals surface area contributed by atoms with Gasteiger partial charge in [0.2, 0.25) is 6.79 Å². The second-order valence-corrected chi connectivity index (χ2v) is 7.03. The molecule has 1 atom stereocenters. The van der Waals surface area contributed by atoms with Crippen molar-refractivity contribution < 1.29 is 19.0 Å². The molecule has 4 rings (SSSR count). The van der Waals surface area contributed by atoms with Gasteiger partial charge in [0.05, 0.1) is 13.2 Å². The van der Waals surface area contributed by atoms with E-state index >= 15 is 0 Å². The number of carbonyl (C=O) groups is 1. The van der Waals surface area contributed by atoms with Crippen LogP contribution >= 0.6 is 0 Å². The summed E-state index contributed by atoms with van der Waals surface area (Å²) in [5.74, 6) is 7.45. The molecule has 2 aliphatic heterocycles. The Hall–Kier alpha value is -3.17. The van der Waals surface area contributed by atoms with Gasteiger partial charge in [0.25, 0.3) is 5.91 Å². The average molecular weight is 392 g/mol. The highest BCUT2D eigenvalue weighted by molar-refractivity contribution is 5.94. The van der Waals surface area contributed by atoms with Crippen LogP contribution in [-0.2, 0) is 4.79 Å². The average Bonchev–Trinajstić information content (AvgIpc) is 3.44. The molecule has 2 aromatic rings. The molecule has 150 valence electrons. The number of hydrogen-bond donors (Lipinski definition) is 1. The number of carbonyl (C=O) groups excluding carboxylic acids is 1. The van der Waals surface area contributed by atoms with E-state index in [1.165, 1.54) is 12.8 Å². The van der Waals surface area contributed by atoms with Gasteiger partial charge in [0, 0.05) is 23.6 Å². The van der Waals surface area contributed by atoms with Gasteiger partial charge < -0.3 is 19.5 Å². The minimum atomic E-state index is -0.304. The number of rotatable bonds is 5. The van der Waals surface area contributed by atoms with Crippen LogP contribution < -0.4 is 19.5 Å². The van der Waals surface area contributed by atoms with Crippen LogP contribution in [-0.4, -0.2) is 44.3 Å². The first-order valence-electron chi connectivity index (χ1n) is 9.81. The zero-order chi connectivity index (χ0) is 20.1. The molecular formula is C23H24N2O4. The third-order valence-electron chi connectivity index (χ3n) is 5.23. The van der Waals surface area contributed by atoms with Crippen LogP contribution in [0, 0.1) is 11.8 Å². The highest BCUT2D eigenvalue weighted by Crippen LogP contribution is 2.32. The second kappa shape index (κ2) is 8.89. The van der Waals surface area contributed by atoms with Gasteiger partial charge in [-0.25, -0.2) is 0 Å². The Morgan fingerprint density at radius 1 is 1.17 bits per heavy atom. The minimum absolute atomic E-state index is 0.0601. The Kier molecular flexibility index (Phi) is 5.87. The summed E-state index contributed by atoms with van der Waals surface area (Å²) in [6, 6.07) is 13.4. The van der Waals surface area contributed by atoms with Crippen LogP contribution in [0.15, 0.2) is 42.5 Å². The van der Waals surface area contributed by atoms with Crippen LogP contribution in [0.1, 0.15) is 30.0 Å². The SMILES string of the molecule is COc1ccccc1[C@@H](CNC(=O)C#Cc1ccc2c(c1)OCO2)N1CCCC1. The third kappa shape index (κ3) is 4.47. The van der Waals surface area contributed by atoms with E-state index in [-0.39, 0.29) is 18.7 Å². The Labute approximate surface area is 170 Å². The fourth-order valence-corrected chi connectivity index (χ4v) is 3.77. The topological polar surface area (TPSA) is 60.0 Å². The van der Waals surface area contributed by atoms with Gasteiger partial charge in [0.1, 0.15) is 5.75 Å². The molecule has 6 heteroatoms. The van der Waals surface area contributed by atoms with Gasteiger partial charge in [-0.1, -0.05) is 24.1 Å². The van der Waals surface area contributed by atoms with E-state index < -0.39 is 0 Å². The molecule has 2 heterocycles. The van der Waals surface area contributed by atoms with Crippen molar-refractivity contribution in [2.75, 3.05) is 33.5 Å². The molecule has 29 heavy (non-hydrogen) atoms. The molecule has 0 radical (unpaired) electrons.